The summed E-state index contributed by atoms with van der Waals surface area (Å²) in [6.07, 6.45) is 98.7. The maximum absolute atomic E-state index is 13.1. The van der Waals surface area contributed by atoms with Crippen LogP contribution in [-0.4, -0.2) is 96.7 Å². The predicted octanol–water partition coefficient (Wildman–Crippen LogP) is 23.9. The van der Waals surface area contributed by atoms with Crippen LogP contribution in [0, 0.1) is 0 Å². The van der Waals surface area contributed by atoms with Crippen molar-refractivity contribution in [2.75, 3.05) is 39.6 Å². The minimum absolute atomic E-state index is 0.0637. The lowest BCUT2D eigenvalue weighted by atomic mass is 10.1. The molecule has 0 amide bonds. The van der Waals surface area contributed by atoms with Crippen molar-refractivity contribution < 1.29 is 80.2 Å². The maximum atomic E-state index is 13.1. The number of aliphatic hydroxyl groups excluding tert-OH is 1. The number of hydrogen-bond acceptors (Lipinski definition) is 15. The average Bonchev–Trinajstić information content (AvgIpc) is 0.899. The smallest absolute Gasteiger partial charge is 0.462 e. The largest absolute Gasteiger partial charge is 0.472 e. The van der Waals surface area contributed by atoms with Crippen LogP contribution in [0.5, 0.6) is 0 Å². The molecule has 0 fully saturated rings. The number of rotatable bonds is 73. The first-order valence-electron chi connectivity index (χ1n) is 40.3. The van der Waals surface area contributed by atoms with Gasteiger partial charge in [0.05, 0.1) is 39.3 Å². The van der Waals surface area contributed by atoms with Crippen molar-refractivity contribution in [2.45, 2.75) is 290 Å². The number of carbonyl (C=O) groups excluding carboxylic acids is 4. The topological polar surface area (TPSA) is 237 Å². The van der Waals surface area contributed by atoms with E-state index in [2.05, 4.69) is 186 Å². The zero-order chi connectivity index (χ0) is 78.9. The Hall–Kier alpha value is -6.36. The lowest BCUT2D eigenvalue weighted by Gasteiger charge is -2.21. The Labute approximate surface area is 652 Å². The minimum Gasteiger partial charge on any atom is -0.462 e. The molecule has 608 valence electrons. The molecule has 0 aromatic carbocycles. The zero-order valence-electron chi connectivity index (χ0n) is 66.4. The first-order chi connectivity index (χ1) is 52.7. The summed E-state index contributed by atoms with van der Waals surface area (Å²) in [5, 5.41) is 10.6. The first kappa shape index (κ1) is 102. The third-order valence-corrected chi connectivity index (χ3v) is 17.7. The van der Waals surface area contributed by atoms with E-state index in [1.807, 2.05) is 30.4 Å². The number of carbonyl (C=O) groups is 4. The number of esters is 4. The van der Waals surface area contributed by atoms with E-state index in [0.717, 1.165) is 173 Å². The highest BCUT2D eigenvalue weighted by Crippen LogP contribution is 2.45. The molecule has 0 heterocycles. The first-order valence-corrected chi connectivity index (χ1v) is 43.3. The van der Waals surface area contributed by atoms with E-state index in [4.69, 9.17) is 37.0 Å². The highest BCUT2D eigenvalue weighted by Gasteiger charge is 2.30. The molecule has 19 heteroatoms. The van der Waals surface area contributed by atoms with E-state index in [1.165, 1.54) is 19.3 Å². The predicted molar refractivity (Wildman–Crippen MR) is 445 cm³/mol. The Kier molecular flexibility index (Phi) is 74.1. The van der Waals surface area contributed by atoms with Crippen LogP contribution in [-0.2, 0) is 65.4 Å². The number of ether oxygens (including phenoxy) is 4. The summed E-state index contributed by atoms with van der Waals surface area (Å²) in [6, 6.07) is 0. The van der Waals surface area contributed by atoms with Gasteiger partial charge in [0, 0.05) is 12.8 Å². The molecule has 0 saturated heterocycles. The van der Waals surface area contributed by atoms with Crippen LogP contribution in [0.1, 0.15) is 272 Å². The van der Waals surface area contributed by atoms with Gasteiger partial charge in [-0.25, -0.2) is 9.13 Å². The second-order valence-corrected chi connectivity index (χ2v) is 28.8. The van der Waals surface area contributed by atoms with Crippen molar-refractivity contribution in [2.24, 2.45) is 0 Å². The highest BCUT2D eigenvalue weighted by atomic mass is 31.2. The van der Waals surface area contributed by atoms with Gasteiger partial charge in [0.2, 0.25) is 0 Å². The van der Waals surface area contributed by atoms with Crippen molar-refractivity contribution in [3.63, 3.8) is 0 Å². The molecule has 0 aliphatic carbocycles. The number of phosphoric ester groups is 2. The molecule has 0 aliphatic heterocycles. The van der Waals surface area contributed by atoms with Crippen molar-refractivity contribution in [1.82, 2.24) is 0 Å². The minimum atomic E-state index is -5.03. The van der Waals surface area contributed by atoms with Crippen LogP contribution in [0.3, 0.4) is 0 Å². The van der Waals surface area contributed by atoms with Gasteiger partial charge in [-0.3, -0.25) is 37.3 Å². The molecule has 0 aliphatic rings. The van der Waals surface area contributed by atoms with Gasteiger partial charge in [0.1, 0.15) is 19.3 Å². The van der Waals surface area contributed by atoms with Gasteiger partial charge in [-0.1, -0.05) is 298 Å². The summed E-state index contributed by atoms with van der Waals surface area (Å²) in [5.74, 6) is -2.52. The highest BCUT2D eigenvalue weighted by molar-refractivity contribution is 7.47. The van der Waals surface area contributed by atoms with Crippen molar-refractivity contribution in [1.29, 1.82) is 0 Å². The number of phosphoric acid groups is 2. The Morgan fingerprint density at radius 1 is 0.278 bits per heavy atom. The Morgan fingerprint density at radius 2 is 0.528 bits per heavy atom. The van der Waals surface area contributed by atoms with Gasteiger partial charge >= 0.3 is 39.5 Å². The second kappa shape index (κ2) is 78.8. The van der Waals surface area contributed by atoms with Crippen LogP contribution < -0.4 is 0 Å². The summed E-state index contributed by atoms with van der Waals surface area (Å²) in [7, 11) is -10.0. The van der Waals surface area contributed by atoms with Gasteiger partial charge in [-0.2, -0.15) is 0 Å². The molecule has 0 saturated carbocycles. The van der Waals surface area contributed by atoms with Crippen LogP contribution >= 0.6 is 15.6 Å². The van der Waals surface area contributed by atoms with Crippen molar-refractivity contribution >= 4 is 39.5 Å². The summed E-state index contributed by atoms with van der Waals surface area (Å²) >= 11 is 0. The zero-order valence-corrected chi connectivity index (χ0v) is 68.2. The Morgan fingerprint density at radius 3 is 0.861 bits per heavy atom. The molecule has 17 nitrogen and oxygen atoms in total. The average molecular weight is 1540 g/mol. The van der Waals surface area contributed by atoms with Crippen LogP contribution in [0.25, 0.3) is 0 Å². The molecule has 5 atom stereocenters. The van der Waals surface area contributed by atoms with Crippen LogP contribution in [0.4, 0.5) is 0 Å². The van der Waals surface area contributed by atoms with Gasteiger partial charge in [-0.15, -0.1) is 0 Å². The molecule has 0 spiro atoms. The number of aliphatic hydroxyl groups is 1. The molecular weight excluding hydrogens is 1400 g/mol. The van der Waals surface area contributed by atoms with E-state index in [-0.39, 0.29) is 25.7 Å². The normalized spacial score (nSPS) is 14.9. The molecule has 0 bridgehead atoms. The van der Waals surface area contributed by atoms with Gasteiger partial charge < -0.3 is 33.8 Å². The maximum Gasteiger partial charge on any atom is 0.472 e. The Balaban J connectivity index is 5.54. The van der Waals surface area contributed by atoms with Crippen LogP contribution in [0.2, 0.25) is 0 Å². The third kappa shape index (κ3) is 77.8. The number of allylic oxidation sites excluding steroid dienone is 32. The van der Waals surface area contributed by atoms with E-state index in [0.29, 0.717) is 25.7 Å². The summed E-state index contributed by atoms with van der Waals surface area (Å²) in [5.41, 5.74) is 0. The number of hydrogen-bond donors (Lipinski definition) is 3. The molecule has 0 radical (unpaired) electrons. The second-order valence-electron chi connectivity index (χ2n) is 25.9. The summed E-state index contributed by atoms with van der Waals surface area (Å²) in [6.45, 7) is 4.21. The molecule has 5 unspecified atom stereocenters. The van der Waals surface area contributed by atoms with Gasteiger partial charge in [0.15, 0.2) is 12.2 Å². The quantitative estimate of drug-likeness (QED) is 0.0169. The van der Waals surface area contributed by atoms with Crippen molar-refractivity contribution in [3.05, 3.63) is 207 Å². The fraction of sp³-hybridized carbons (Fsp3) is 0.573. The molecule has 3 N–H and O–H groups in total. The van der Waals surface area contributed by atoms with E-state index in [1.54, 1.807) is 18.2 Å². The fourth-order valence-corrected chi connectivity index (χ4v) is 11.4. The monoisotopic (exact) mass is 1540 g/mol. The summed E-state index contributed by atoms with van der Waals surface area (Å²) in [4.78, 5) is 73.0. The molecule has 0 aromatic heterocycles. The lowest BCUT2D eigenvalue weighted by Crippen LogP contribution is -2.30. The number of unbranched alkanes of at least 4 members (excludes halogenated alkanes) is 15. The van der Waals surface area contributed by atoms with E-state index < -0.39 is 97.5 Å². The SMILES string of the molecule is CC/C=C\C/C=C\C/C=C\C/C=C\C/C=C\CC(=O)OCC(COP(=O)(O)OCC(O)COP(=O)(O)OCC(COC(=O)CCCCCCCC/C=C\C/C=C\C/C=C\C/C=C\CC)OC(=O)CCCCCCCC/C=C\C/C=C\C/C=C\CCCCC)OC(=O)C/C=C\C/C=C\C/C=C\C/C=C\C/C=C\CC. The molecular formula is C89H140O17P2. The standard InChI is InChI=1S/C89H140O17P2/c1-5-9-13-17-21-25-29-33-37-39-41-43-47-50-54-58-62-66-70-74-87(92)100-80-85(106-89(94)76-72-68-64-60-56-52-48-44-42-40-38-34-30-26-22-18-14-10-6-2)82-104-108(97,98)102-78-83(90)77-101-107(95,96)103-81-84(105-88(93)75-71-67-63-59-55-51-46-36-32-28-24-20-16-12-8-4)79-99-86(91)73-69-65-61-57-53-49-45-35-31-27-23-19-15-11-7-3/h9,11-13,15-16,21-28,33-38,41-46,53,55,57,59,65,67,69,71,83-85,90H,5-8,10,14,17-20,29-32,39-40,47-52,54,56,58,60-64,66,68,70,72-82H2,1-4H3,(H,95,96)(H,97,98)/b13-9-,15-11-,16-12-,25-21-,26-22-,27-23-,28-24-,37-33-,38-34-,43-41-,44-42-,45-35-,46-36-,57-53-,59-55-,69-65-,71-67-. The van der Waals surface area contributed by atoms with Crippen LogP contribution in [0.15, 0.2) is 207 Å². The Bertz CT molecular complexity index is 2860. The van der Waals surface area contributed by atoms with Gasteiger partial charge in [-0.05, 0) is 154 Å². The lowest BCUT2D eigenvalue weighted by molar-refractivity contribution is -0.161. The van der Waals surface area contributed by atoms with E-state index in [9.17, 15) is 43.2 Å². The molecule has 108 heavy (non-hydrogen) atoms. The fourth-order valence-electron chi connectivity index (χ4n) is 9.78. The molecule has 0 aromatic rings. The van der Waals surface area contributed by atoms with Crippen molar-refractivity contribution in [3.8, 4) is 0 Å². The van der Waals surface area contributed by atoms with E-state index >= 15 is 0 Å². The van der Waals surface area contributed by atoms with Gasteiger partial charge in [0.25, 0.3) is 0 Å². The molecule has 0 rings (SSSR count). The third-order valence-electron chi connectivity index (χ3n) is 15.8. The summed E-state index contributed by atoms with van der Waals surface area (Å²) < 4.78 is 68.4.